The van der Waals surface area contributed by atoms with Crippen LogP contribution in [0.3, 0.4) is 0 Å². The second-order valence-electron chi connectivity index (χ2n) is 7.12. The van der Waals surface area contributed by atoms with Gasteiger partial charge in [-0.15, -0.1) is 0 Å². The molecule has 2 aliphatic rings. The topological polar surface area (TPSA) is 33.4 Å². The van der Waals surface area contributed by atoms with Gasteiger partial charge in [0.25, 0.3) is 0 Å². The molecule has 0 spiro atoms. The molecule has 2 aromatic heterocycles. The number of fused-ring (bicyclic) bond motifs is 1. The van der Waals surface area contributed by atoms with Gasteiger partial charge in [-0.2, -0.15) is 0 Å². The molecule has 5 rings (SSSR count). The van der Waals surface area contributed by atoms with E-state index in [1.165, 1.54) is 12.1 Å². The number of rotatable bonds is 4. The smallest absolute Gasteiger partial charge is 0.160 e. The molecule has 0 N–H and O–H groups in total. The predicted octanol–water partition coefficient (Wildman–Crippen LogP) is 4.99. The Labute approximate surface area is 168 Å². The maximum atomic E-state index is 13.4. The maximum Gasteiger partial charge on any atom is 0.160 e. The van der Waals surface area contributed by atoms with Crippen LogP contribution in [0.1, 0.15) is 36.8 Å². The van der Waals surface area contributed by atoms with Crippen molar-refractivity contribution in [3.8, 4) is 5.69 Å². The van der Waals surface area contributed by atoms with Gasteiger partial charge in [0.05, 0.1) is 5.69 Å². The zero-order chi connectivity index (χ0) is 19.1. The second kappa shape index (κ2) is 7.09. The van der Waals surface area contributed by atoms with E-state index in [9.17, 15) is 4.39 Å². The van der Waals surface area contributed by atoms with Gasteiger partial charge in [-0.3, -0.25) is 9.98 Å². The first kappa shape index (κ1) is 17.5. The van der Waals surface area contributed by atoms with Crippen LogP contribution in [-0.4, -0.2) is 31.4 Å². The van der Waals surface area contributed by atoms with E-state index in [-0.39, 0.29) is 17.9 Å². The van der Waals surface area contributed by atoms with Crippen LogP contribution in [0.4, 0.5) is 4.39 Å². The van der Waals surface area contributed by atoms with E-state index < -0.39 is 0 Å². The van der Waals surface area contributed by atoms with E-state index in [2.05, 4.69) is 39.6 Å². The Bertz CT molecular complexity index is 999. The Morgan fingerprint density at radius 1 is 1.11 bits per heavy atom. The van der Waals surface area contributed by atoms with Crippen molar-refractivity contribution in [1.82, 2.24) is 14.5 Å². The molecule has 3 aromatic rings. The molecule has 28 heavy (non-hydrogen) atoms. The monoisotopic (exact) mass is 392 g/mol. The van der Waals surface area contributed by atoms with Crippen molar-refractivity contribution in [2.45, 2.75) is 31.5 Å². The highest BCUT2D eigenvalue weighted by atomic mass is 32.2. The summed E-state index contributed by atoms with van der Waals surface area (Å²) >= 11 is 1.84. The number of aromatic nitrogens is 2. The van der Waals surface area contributed by atoms with Gasteiger partial charge in [0.1, 0.15) is 17.9 Å². The SMILES string of the molecule is CC[C@@H]1CSC2=N[C@@H](c3ccccn3)[C@H](c3cccn3-c3ccc(F)cc3)N21. The zero-order valence-electron chi connectivity index (χ0n) is 15.6. The number of nitrogens with zero attached hydrogens (tertiary/aromatic N) is 4. The minimum atomic E-state index is -0.225. The van der Waals surface area contributed by atoms with Crippen molar-refractivity contribution < 1.29 is 4.39 Å². The van der Waals surface area contributed by atoms with E-state index in [1.807, 2.05) is 48.4 Å². The molecular formula is C22H21FN4S. The fraction of sp³-hybridized carbons (Fsp3) is 0.273. The number of thioether (sulfide) groups is 1. The molecule has 6 heteroatoms. The van der Waals surface area contributed by atoms with Crippen LogP contribution in [-0.2, 0) is 0 Å². The fourth-order valence-electron chi connectivity index (χ4n) is 4.14. The van der Waals surface area contributed by atoms with Crippen LogP contribution in [0.15, 0.2) is 72.0 Å². The maximum absolute atomic E-state index is 13.4. The minimum Gasteiger partial charge on any atom is -0.337 e. The molecular weight excluding hydrogens is 371 g/mol. The highest BCUT2D eigenvalue weighted by Gasteiger charge is 2.46. The van der Waals surface area contributed by atoms with E-state index in [4.69, 9.17) is 4.99 Å². The third-order valence-electron chi connectivity index (χ3n) is 5.52. The van der Waals surface area contributed by atoms with Crippen molar-refractivity contribution in [2.24, 2.45) is 4.99 Å². The number of halogens is 1. The summed E-state index contributed by atoms with van der Waals surface area (Å²) < 4.78 is 15.6. The summed E-state index contributed by atoms with van der Waals surface area (Å²) in [5, 5.41) is 1.11. The Morgan fingerprint density at radius 2 is 1.96 bits per heavy atom. The molecule has 0 aliphatic carbocycles. The van der Waals surface area contributed by atoms with E-state index in [0.29, 0.717) is 6.04 Å². The van der Waals surface area contributed by atoms with E-state index in [1.54, 1.807) is 0 Å². The molecule has 1 fully saturated rings. The van der Waals surface area contributed by atoms with Crippen molar-refractivity contribution in [3.63, 3.8) is 0 Å². The molecule has 1 saturated heterocycles. The van der Waals surface area contributed by atoms with Crippen molar-refractivity contribution in [2.75, 3.05) is 5.75 Å². The lowest BCUT2D eigenvalue weighted by Gasteiger charge is -2.32. The van der Waals surface area contributed by atoms with E-state index in [0.717, 1.165) is 34.4 Å². The molecule has 4 heterocycles. The molecule has 0 saturated carbocycles. The highest BCUT2D eigenvalue weighted by Crippen LogP contribution is 2.48. The summed E-state index contributed by atoms with van der Waals surface area (Å²) in [4.78, 5) is 12.2. The number of pyridine rings is 1. The molecule has 142 valence electrons. The van der Waals surface area contributed by atoms with Gasteiger partial charge in [-0.25, -0.2) is 4.39 Å². The molecule has 0 amide bonds. The van der Waals surface area contributed by atoms with Gasteiger partial charge >= 0.3 is 0 Å². The number of amidine groups is 1. The standard InChI is InChI=1S/C22H21FN4S/c1-2-16-14-28-22-25-20(18-6-3-4-12-24-18)21(27(16)22)19-7-5-13-26(19)17-10-8-15(23)9-11-17/h3-13,16,20-21H,2,14H2,1H3/t16-,20+,21+/m1/s1. The van der Waals surface area contributed by atoms with Crippen LogP contribution < -0.4 is 0 Å². The van der Waals surface area contributed by atoms with Gasteiger partial charge < -0.3 is 9.47 Å². The molecule has 0 radical (unpaired) electrons. The van der Waals surface area contributed by atoms with Gasteiger partial charge in [-0.1, -0.05) is 24.8 Å². The van der Waals surface area contributed by atoms with Gasteiger partial charge in [0, 0.05) is 35.6 Å². The Balaban J connectivity index is 1.62. The average molecular weight is 393 g/mol. The van der Waals surface area contributed by atoms with Crippen LogP contribution in [0.2, 0.25) is 0 Å². The van der Waals surface area contributed by atoms with Crippen LogP contribution in [0.5, 0.6) is 0 Å². The lowest BCUT2D eigenvalue weighted by molar-refractivity contribution is 0.249. The molecule has 0 unspecified atom stereocenters. The predicted molar refractivity (Wildman–Crippen MR) is 111 cm³/mol. The van der Waals surface area contributed by atoms with Crippen molar-refractivity contribution >= 4 is 16.9 Å². The van der Waals surface area contributed by atoms with Crippen LogP contribution in [0, 0.1) is 5.82 Å². The van der Waals surface area contributed by atoms with Gasteiger partial charge in [0.2, 0.25) is 0 Å². The highest BCUT2D eigenvalue weighted by molar-refractivity contribution is 8.14. The first-order valence-electron chi connectivity index (χ1n) is 9.59. The Hall–Kier alpha value is -2.60. The zero-order valence-corrected chi connectivity index (χ0v) is 16.4. The summed E-state index contributed by atoms with van der Waals surface area (Å²) in [7, 11) is 0. The third-order valence-corrected chi connectivity index (χ3v) is 6.64. The van der Waals surface area contributed by atoms with Gasteiger partial charge in [0.15, 0.2) is 5.17 Å². The first-order valence-corrected chi connectivity index (χ1v) is 10.6. The number of benzene rings is 1. The largest absolute Gasteiger partial charge is 0.337 e. The third kappa shape index (κ3) is 2.83. The molecule has 4 nitrogen and oxygen atoms in total. The minimum absolute atomic E-state index is 0.0489. The number of hydrogen-bond donors (Lipinski definition) is 0. The normalized spacial score (nSPS) is 23.7. The number of aliphatic imine (C=N–C) groups is 1. The summed E-state index contributed by atoms with van der Waals surface area (Å²) in [6, 6.07) is 17.4. The number of hydrogen-bond acceptors (Lipinski definition) is 4. The summed E-state index contributed by atoms with van der Waals surface area (Å²) in [5.41, 5.74) is 3.09. The first-order chi connectivity index (χ1) is 13.8. The lowest BCUT2D eigenvalue weighted by atomic mass is 9.99. The fourth-order valence-corrected chi connectivity index (χ4v) is 5.48. The molecule has 2 aliphatic heterocycles. The summed E-state index contributed by atoms with van der Waals surface area (Å²) in [6.07, 6.45) is 4.95. The van der Waals surface area contributed by atoms with Crippen molar-refractivity contribution in [1.29, 1.82) is 0 Å². The lowest BCUT2D eigenvalue weighted by Crippen LogP contribution is -2.36. The Kier molecular flexibility index (Phi) is 4.43. The average Bonchev–Trinajstić information content (AvgIpc) is 3.44. The van der Waals surface area contributed by atoms with E-state index >= 15 is 0 Å². The molecule has 0 bridgehead atoms. The molecule has 1 aromatic carbocycles. The van der Waals surface area contributed by atoms with Gasteiger partial charge in [-0.05, 0) is 55.0 Å². The van der Waals surface area contributed by atoms with Crippen molar-refractivity contribution in [3.05, 3.63) is 84.2 Å². The van der Waals surface area contributed by atoms with Crippen LogP contribution >= 0.6 is 11.8 Å². The van der Waals surface area contributed by atoms with Crippen LogP contribution in [0.25, 0.3) is 5.69 Å². The Morgan fingerprint density at radius 3 is 2.71 bits per heavy atom. The quantitative estimate of drug-likeness (QED) is 0.627. The molecule has 3 atom stereocenters. The second-order valence-corrected chi connectivity index (χ2v) is 8.10. The summed E-state index contributed by atoms with van der Waals surface area (Å²) in [6.45, 7) is 2.23. The summed E-state index contributed by atoms with van der Waals surface area (Å²) in [5.74, 6) is 0.843.